The number of aromatic nitrogens is 4. The van der Waals surface area contributed by atoms with E-state index >= 15 is 0 Å². The highest BCUT2D eigenvalue weighted by atomic mass is 16.6. The summed E-state index contributed by atoms with van der Waals surface area (Å²) in [6.07, 6.45) is 5.47. The molecule has 1 N–H and O–H groups in total. The first-order chi connectivity index (χ1) is 18.6. The number of hydrogen-bond acceptors (Lipinski definition) is 6. The van der Waals surface area contributed by atoms with E-state index in [1.165, 1.54) is 11.1 Å². The van der Waals surface area contributed by atoms with Gasteiger partial charge in [0.1, 0.15) is 17.2 Å². The van der Waals surface area contributed by atoms with Gasteiger partial charge in [0.15, 0.2) is 0 Å². The van der Waals surface area contributed by atoms with Crippen LogP contribution in [0.3, 0.4) is 0 Å². The maximum Gasteiger partial charge on any atom is 0.410 e. The van der Waals surface area contributed by atoms with Crippen LogP contribution in [0.1, 0.15) is 69.6 Å². The number of hydrogen-bond donors (Lipinski definition) is 1. The molecule has 39 heavy (non-hydrogen) atoms. The smallest absolute Gasteiger partial charge is 0.410 e. The molecule has 2 aromatic heterocycles. The lowest BCUT2D eigenvalue weighted by atomic mass is 10.0. The van der Waals surface area contributed by atoms with Crippen molar-refractivity contribution >= 4 is 22.8 Å². The van der Waals surface area contributed by atoms with Crippen LogP contribution < -0.4 is 5.32 Å². The maximum absolute atomic E-state index is 12.4. The SMILES string of the molecule is Cc1cccc([C@@H](C)Nc2nc(C)nc3ccc(-c4cnn(C5CCN(C(=O)OC(C)(C)C)CC5)c4)cc23)c1. The monoisotopic (exact) mass is 526 g/mol. The zero-order valence-electron chi connectivity index (χ0n) is 23.7. The normalized spacial score (nSPS) is 15.4. The predicted molar refractivity (Wildman–Crippen MR) is 155 cm³/mol. The molecule has 2 aromatic carbocycles. The van der Waals surface area contributed by atoms with Crippen molar-refractivity contribution in [2.24, 2.45) is 0 Å². The summed E-state index contributed by atoms with van der Waals surface area (Å²) in [6.45, 7) is 13.2. The van der Waals surface area contributed by atoms with Crippen molar-refractivity contribution in [2.75, 3.05) is 18.4 Å². The van der Waals surface area contributed by atoms with Crippen LogP contribution in [-0.2, 0) is 4.74 Å². The summed E-state index contributed by atoms with van der Waals surface area (Å²) in [5, 5.41) is 9.29. The van der Waals surface area contributed by atoms with Crippen LogP contribution in [0.15, 0.2) is 54.9 Å². The third kappa shape index (κ3) is 6.21. The van der Waals surface area contributed by atoms with E-state index < -0.39 is 5.60 Å². The Hall–Kier alpha value is -3.94. The van der Waals surface area contributed by atoms with Gasteiger partial charge in [-0.25, -0.2) is 14.8 Å². The highest BCUT2D eigenvalue weighted by Crippen LogP contribution is 2.31. The lowest BCUT2D eigenvalue weighted by Crippen LogP contribution is -2.42. The van der Waals surface area contributed by atoms with E-state index in [1.54, 1.807) is 4.90 Å². The standard InChI is InChI=1S/C31H38N6O2/c1-20-8-7-9-23(16-20)21(2)33-29-27-17-24(10-11-28(27)34-22(3)35-29)25-18-32-37(19-25)26-12-14-36(15-13-26)30(38)39-31(4,5)6/h7-11,16-19,21,26H,12-15H2,1-6H3,(H,33,34,35)/t21-/m1/s1. The van der Waals surface area contributed by atoms with Gasteiger partial charge in [-0.2, -0.15) is 5.10 Å². The van der Waals surface area contributed by atoms with Crippen LogP contribution in [0, 0.1) is 13.8 Å². The van der Waals surface area contributed by atoms with Crippen molar-refractivity contribution in [3.05, 3.63) is 71.8 Å². The third-order valence-corrected chi connectivity index (χ3v) is 7.13. The van der Waals surface area contributed by atoms with Crippen molar-refractivity contribution in [3.63, 3.8) is 0 Å². The molecular weight excluding hydrogens is 488 g/mol. The molecule has 8 nitrogen and oxygen atoms in total. The number of fused-ring (bicyclic) bond motifs is 1. The number of carbonyl (C=O) groups is 1. The van der Waals surface area contributed by atoms with Gasteiger partial charge in [-0.15, -0.1) is 0 Å². The molecule has 3 heterocycles. The van der Waals surface area contributed by atoms with E-state index in [1.807, 2.05) is 38.6 Å². The summed E-state index contributed by atoms with van der Waals surface area (Å²) < 4.78 is 7.57. The molecule has 204 valence electrons. The topological polar surface area (TPSA) is 85.2 Å². The van der Waals surface area contributed by atoms with Crippen LogP contribution in [-0.4, -0.2) is 49.4 Å². The summed E-state index contributed by atoms with van der Waals surface area (Å²) in [6, 6.07) is 15.2. The summed E-state index contributed by atoms with van der Waals surface area (Å²) in [4.78, 5) is 23.7. The second-order valence-corrected chi connectivity index (χ2v) is 11.5. The van der Waals surface area contributed by atoms with Crippen LogP contribution >= 0.6 is 0 Å². The number of anilines is 1. The molecule has 4 aromatic rings. The number of likely N-dealkylation sites (tertiary alicyclic amines) is 1. The van der Waals surface area contributed by atoms with Gasteiger partial charge >= 0.3 is 6.09 Å². The van der Waals surface area contributed by atoms with E-state index in [0.29, 0.717) is 13.1 Å². The summed E-state index contributed by atoms with van der Waals surface area (Å²) in [7, 11) is 0. The number of rotatable bonds is 5. The molecule has 8 heteroatoms. The van der Waals surface area contributed by atoms with Crippen molar-refractivity contribution in [1.82, 2.24) is 24.6 Å². The van der Waals surface area contributed by atoms with E-state index in [2.05, 4.69) is 72.8 Å². The molecule has 1 amide bonds. The quantitative estimate of drug-likeness (QED) is 0.306. The van der Waals surface area contributed by atoms with Crippen LogP contribution in [0.4, 0.5) is 10.6 Å². The first-order valence-electron chi connectivity index (χ1n) is 13.7. The fourth-order valence-corrected chi connectivity index (χ4v) is 5.09. The molecule has 5 rings (SSSR count). The number of nitrogens with zero attached hydrogens (tertiary/aromatic N) is 5. The van der Waals surface area contributed by atoms with Gasteiger partial charge in [-0.3, -0.25) is 4.68 Å². The molecule has 0 bridgehead atoms. The first-order valence-corrected chi connectivity index (χ1v) is 13.7. The first kappa shape index (κ1) is 26.7. The Morgan fingerprint density at radius 1 is 1.05 bits per heavy atom. The molecule has 0 unspecified atom stereocenters. The van der Waals surface area contributed by atoms with E-state index in [4.69, 9.17) is 14.8 Å². The van der Waals surface area contributed by atoms with Gasteiger partial charge in [0, 0.05) is 36.3 Å². The van der Waals surface area contributed by atoms with Crippen LogP contribution in [0.25, 0.3) is 22.0 Å². The van der Waals surface area contributed by atoms with Crippen molar-refractivity contribution < 1.29 is 9.53 Å². The molecule has 0 spiro atoms. The fraction of sp³-hybridized carbons (Fsp3) is 0.419. The lowest BCUT2D eigenvalue weighted by molar-refractivity contribution is 0.0185. The number of carbonyl (C=O) groups excluding carboxylic acids is 1. The second-order valence-electron chi connectivity index (χ2n) is 11.5. The molecule has 0 saturated carbocycles. The third-order valence-electron chi connectivity index (χ3n) is 7.13. The molecule has 0 radical (unpaired) electrons. The van der Waals surface area contributed by atoms with Gasteiger partial charge in [0.25, 0.3) is 0 Å². The molecule has 1 aliphatic heterocycles. The minimum Gasteiger partial charge on any atom is -0.444 e. The van der Waals surface area contributed by atoms with Gasteiger partial charge < -0.3 is 15.0 Å². The number of piperidine rings is 1. The van der Waals surface area contributed by atoms with Crippen LogP contribution in [0.5, 0.6) is 0 Å². The second kappa shape index (κ2) is 10.7. The van der Waals surface area contributed by atoms with E-state index in [9.17, 15) is 4.79 Å². The van der Waals surface area contributed by atoms with Crippen molar-refractivity contribution in [2.45, 2.75) is 72.1 Å². The highest BCUT2D eigenvalue weighted by Gasteiger charge is 2.28. The minimum absolute atomic E-state index is 0.0975. The number of benzene rings is 2. The molecule has 1 saturated heterocycles. The Labute approximate surface area is 230 Å². The average molecular weight is 527 g/mol. The van der Waals surface area contributed by atoms with Gasteiger partial charge in [-0.05, 0) is 77.6 Å². The lowest BCUT2D eigenvalue weighted by Gasteiger charge is -2.33. The Morgan fingerprint density at radius 3 is 2.54 bits per heavy atom. The Morgan fingerprint density at radius 2 is 1.82 bits per heavy atom. The highest BCUT2D eigenvalue weighted by molar-refractivity contribution is 5.92. The van der Waals surface area contributed by atoms with Crippen molar-refractivity contribution in [3.8, 4) is 11.1 Å². The zero-order valence-corrected chi connectivity index (χ0v) is 23.7. The zero-order chi connectivity index (χ0) is 27.7. The minimum atomic E-state index is -0.484. The number of nitrogens with one attached hydrogen (secondary N) is 1. The van der Waals surface area contributed by atoms with Gasteiger partial charge in [0.05, 0.1) is 17.8 Å². The Bertz CT molecular complexity index is 1480. The number of ether oxygens (including phenoxy) is 1. The van der Waals surface area contributed by atoms with Gasteiger partial charge in [0.2, 0.25) is 0 Å². The number of aryl methyl sites for hydroxylation is 2. The molecule has 1 aliphatic rings. The fourth-order valence-electron chi connectivity index (χ4n) is 5.09. The molecular formula is C31H38N6O2. The van der Waals surface area contributed by atoms with Gasteiger partial charge in [-0.1, -0.05) is 35.9 Å². The Balaban J connectivity index is 1.34. The largest absolute Gasteiger partial charge is 0.444 e. The maximum atomic E-state index is 12.4. The van der Waals surface area contributed by atoms with Crippen LogP contribution in [0.2, 0.25) is 0 Å². The summed E-state index contributed by atoms with van der Waals surface area (Å²) in [5.41, 5.74) is 4.99. The average Bonchev–Trinajstić information content (AvgIpc) is 3.38. The van der Waals surface area contributed by atoms with E-state index in [0.717, 1.165) is 46.5 Å². The summed E-state index contributed by atoms with van der Waals surface area (Å²) >= 11 is 0. The van der Waals surface area contributed by atoms with Crippen molar-refractivity contribution in [1.29, 1.82) is 0 Å². The summed E-state index contributed by atoms with van der Waals surface area (Å²) in [5.74, 6) is 1.56. The molecule has 0 aliphatic carbocycles. The molecule has 1 atom stereocenters. The number of amides is 1. The molecule has 1 fully saturated rings. The van der Waals surface area contributed by atoms with E-state index in [-0.39, 0.29) is 18.2 Å². The predicted octanol–water partition coefficient (Wildman–Crippen LogP) is 6.86. The Kier molecular flexibility index (Phi) is 7.30.